The zero-order chi connectivity index (χ0) is 25.7. The molecule has 0 unspecified atom stereocenters. The maximum absolute atomic E-state index is 13.3. The van der Waals surface area contributed by atoms with E-state index in [2.05, 4.69) is 34.5 Å². The summed E-state index contributed by atoms with van der Waals surface area (Å²) < 4.78 is 39.9. The van der Waals surface area contributed by atoms with Crippen LogP contribution in [0.25, 0.3) is 0 Å². The van der Waals surface area contributed by atoms with Gasteiger partial charge in [-0.15, -0.1) is 0 Å². The number of nitrogens with zero attached hydrogens (tertiary/aromatic N) is 4. The second-order valence-electron chi connectivity index (χ2n) is 9.26. The number of carboxylic acid groups (broad SMARTS) is 1. The van der Waals surface area contributed by atoms with E-state index < -0.39 is 17.8 Å². The number of hydrogen-bond acceptors (Lipinski definition) is 5. The molecule has 0 bridgehead atoms. The molecule has 2 aliphatic rings. The van der Waals surface area contributed by atoms with E-state index in [1.54, 1.807) is 12.1 Å². The van der Waals surface area contributed by atoms with Gasteiger partial charge in [0, 0.05) is 63.7 Å². The molecule has 0 spiro atoms. The lowest BCUT2D eigenvalue weighted by Crippen LogP contribution is -2.49. The van der Waals surface area contributed by atoms with Crippen LogP contribution in [-0.4, -0.2) is 73.4 Å². The molecular weight excluding hydrogens is 471 g/mol. The van der Waals surface area contributed by atoms with Crippen molar-refractivity contribution in [1.82, 2.24) is 9.80 Å². The Labute approximate surface area is 208 Å². The van der Waals surface area contributed by atoms with E-state index in [4.69, 9.17) is 10.4 Å². The van der Waals surface area contributed by atoms with Crippen molar-refractivity contribution in [1.29, 1.82) is 5.26 Å². The highest BCUT2D eigenvalue weighted by Gasteiger charge is 2.34. The minimum absolute atomic E-state index is 0.348. The Hall–Kier alpha value is -3.45. The fourth-order valence-corrected chi connectivity index (χ4v) is 4.93. The topological polar surface area (TPSA) is 82.8 Å². The number of halogens is 3. The molecule has 4 rings (SSSR count). The summed E-state index contributed by atoms with van der Waals surface area (Å²) in [6.45, 7) is 5.49. The Morgan fingerprint density at radius 3 is 2.28 bits per heavy atom. The van der Waals surface area contributed by atoms with Gasteiger partial charge in [-0.2, -0.15) is 18.4 Å². The van der Waals surface area contributed by atoms with Crippen molar-refractivity contribution >= 4 is 17.5 Å². The number of amides is 1. The lowest BCUT2D eigenvalue weighted by Gasteiger charge is -2.34. The zero-order valence-electron chi connectivity index (χ0n) is 20.0. The number of piperazine rings is 1. The number of piperidine rings is 1. The van der Waals surface area contributed by atoms with Gasteiger partial charge >= 0.3 is 12.3 Å². The lowest BCUT2D eigenvalue weighted by molar-refractivity contribution is -0.137. The SMILES string of the molecule is N#Cc1ccc(N2CCC(c3ccc(NCCN4CCN(C(=O)O)CC4)cc3)CC2)cc1C(F)(F)F. The van der Waals surface area contributed by atoms with Crippen LogP contribution in [0.4, 0.5) is 29.3 Å². The first-order chi connectivity index (χ1) is 17.2. The fraction of sp³-hybridized carbons (Fsp3) is 0.462. The Kier molecular flexibility index (Phi) is 7.89. The fourth-order valence-electron chi connectivity index (χ4n) is 4.93. The second-order valence-corrected chi connectivity index (χ2v) is 9.26. The van der Waals surface area contributed by atoms with Crippen LogP contribution in [0.3, 0.4) is 0 Å². The third-order valence-corrected chi connectivity index (χ3v) is 7.07. The molecule has 36 heavy (non-hydrogen) atoms. The summed E-state index contributed by atoms with van der Waals surface area (Å²) in [6.07, 6.45) is -3.72. The van der Waals surface area contributed by atoms with Gasteiger partial charge in [0.2, 0.25) is 0 Å². The monoisotopic (exact) mass is 501 g/mol. The smallest absolute Gasteiger partial charge is 0.417 e. The minimum Gasteiger partial charge on any atom is -0.465 e. The second kappa shape index (κ2) is 11.1. The van der Waals surface area contributed by atoms with Crippen LogP contribution >= 0.6 is 0 Å². The molecule has 2 aromatic carbocycles. The van der Waals surface area contributed by atoms with E-state index in [0.29, 0.717) is 37.8 Å². The first-order valence-electron chi connectivity index (χ1n) is 12.1. The van der Waals surface area contributed by atoms with E-state index in [1.165, 1.54) is 16.5 Å². The van der Waals surface area contributed by atoms with E-state index in [1.807, 2.05) is 4.90 Å². The number of alkyl halides is 3. The Morgan fingerprint density at radius 1 is 1.03 bits per heavy atom. The van der Waals surface area contributed by atoms with Gasteiger partial charge in [0.15, 0.2) is 0 Å². The van der Waals surface area contributed by atoms with Crippen molar-refractivity contribution in [2.45, 2.75) is 24.9 Å². The van der Waals surface area contributed by atoms with E-state index >= 15 is 0 Å². The van der Waals surface area contributed by atoms with Gasteiger partial charge in [0.25, 0.3) is 0 Å². The average Bonchev–Trinajstić information content (AvgIpc) is 2.88. The highest BCUT2D eigenvalue weighted by Crippen LogP contribution is 2.36. The number of anilines is 2. The first kappa shape index (κ1) is 25.6. The summed E-state index contributed by atoms with van der Waals surface area (Å²) in [6, 6.07) is 13.9. The van der Waals surface area contributed by atoms with E-state index in [9.17, 15) is 18.0 Å². The molecule has 2 saturated heterocycles. The highest BCUT2D eigenvalue weighted by molar-refractivity contribution is 5.65. The molecule has 192 valence electrons. The summed E-state index contributed by atoms with van der Waals surface area (Å²) in [7, 11) is 0. The molecule has 2 fully saturated rings. The minimum atomic E-state index is -4.55. The first-order valence-corrected chi connectivity index (χ1v) is 12.1. The van der Waals surface area contributed by atoms with Crippen molar-refractivity contribution in [2.75, 3.05) is 62.6 Å². The molecule has 2 heterocycles. The predicted octanol–water partition coefficient (Wildman–Crippen LogP) is 4.67. The van der Waals surface area contributed by atoms with Gasteiger partial charge < -0.3 is 20.2 Å². The molecule has 2 N–H and O–H groups in total. The Balaban J connectivity index is 1.25. The molecule has 2 aliphatic heterocycles. The molecule has 1 amide bonds. The summed E-state index contributed by atoms with van der Waals surface area (Å²) in [5, 5.41) is 21.5. The molecule has 0 radical (unpaired) electrons. The molecule has 7 nitrogen and oxygen atoms in total. The maximum atomic E-state index is 13.3. The van der Waals surface area contributed by atoms with Crippen molar-refractivity contribution in [2.24, 2.45) is 0 Å². The van der Waals surface area contributed by atoms with Crippen molar-refractivity contribution in [3.63, 3.8) is 0 Å². The number of hydrogen-bond donors (Lipinski definition) is 2. The average molecular weight is 502 g/mol. The van der Waals surface area contributed by atoms with Crippen LogP contribution in [0.5, 0.6) is 0 Å². The summed E-state index contributed by atoms with van der Waals surface area (Å²) in [5.41, 5.74) is 1.52. The Bertz CT molecular complexity index is 1080. The third kappa shape index (κ3) is 6.21. The van der Waals surface area contributed by atoms with Gasteiger partial charge in [-0.25, -0.2) is 4.79 Å². The number of benzene rings is 2. The summed E-state index contributed by atoms with van der Waals surface area (Å²) in [4.78, 5) is 16.6. The summed E-state index contributed by atoms with van der Waals surface area (Å²) >= 11 is 0. The van der Waals surface area contributed by atoms with Gasteiger partial charge in [-0.05, 0) is 54.7 Å². The van der Waals surface area contributed by atoms with Crippen molar-refractivity contribution in [3.8, 4) is 6.07 Å². The number of carbonyl (C=O) groups is 1. The van der Waals surface area contributed by atoms with Crippen LogP contribution in [0, 0.1) is 11.3 Å². The largest absolute Gasteiger partial charge is 0.465 e. The number of nitriles is 1. The lowest BCUT2D eigenvalue weighted by atomic mass is 9.89. The predicted molar refractivity (Wildman–Crippen MR) is 131 cm³/mol. The molecule has 0 saturated carbocycles. The van der Waals surface area contributed by atoms with Crippen LogP contribution < -0.4 is 10.2 Å². The molecular formula is C26H30F3N5O2. The van der Waals surface area contributed by atoms with Gasteiger partial charge in [0.1, 0.15) is 0 Å². The molecule has 0 aromatic heterocycles. The van der Waals surface area contributed by atoms with Crippen molar-refractivity contribution in [3.05, 3.63) is 59.2 Å². The van der Waals surface area contributed by atoms with Crippen LogP contribution in [0.15, 0.2) is 42.5 Å². The van der Waals surface area contributed by atoms with E-state index in [-0.39, 0.29) is 5.56 Å². The molecule has 10 heteroatoms. The van der Waals surface area contributed by atoms with Gasteiger partial charge in [0.05, 0.1) is 17.2 Å². The quantitative estimate of drug-likeness (QED) is 0.599. The zero-order valence-corrected chi connectivity index (χ0v) is 20.0. The number of rotatable bonds is 6. The molecule has 0 atom stereocenters. The summed E-state index contributed by atoms with van der Waals surface area (Å²) in [5.74, 6) is 0.348. The molecule has 0 aliphatic carbocycles. The van der Waals surface area contributed by atoms with E-state index in [0.717, 1.165) is 50.8 Å². The van der Waals surface area contributed by atoms with Crippen LogP contribution in [-0.2, 0) is 6.18 Å². The standard InChI is InChI=1S/C26H30F3N5O2/c27-26(28,29)24-17-23(6-3-21(24)18-30)33-10-7-20(8-11-33)19-1-4-22(5-2-19)31-9-12-32-13-15-34(16-14-32)25(35)36/h1-6,17,20,31H,7-16H2,(H,35,36). The highest BCUT2D eigenvalue weighted by atomic mass is 19.4. The van der Waals surface area contributed by atoms with Gasteiger partial charge in [-0.3, -0.25) is 4.90 Å². The number of nitrogens with one attached hydrogen (secondary N) is 1. The van der Waals surface area contributed by atoms with Crippen LogP contribution in [0.1, 0.15) is 35.4 Å². The Morgan fingerprint density at radius 2 is 1.69 bits per heavy atom. The maximum Gasteiger partial charge on any atom is 0.417 e. The third-order valence-electron chi connectivity index (χ3n) is 7.07. The normalized spacial score (nSPS) is 17.6. The van der Waals surface area contributed by atoms with Crippen LogP contribution in [0.2, 0.25) is 0 Å². The molecule has 2 aromatic rings. The van der Waals surface area contributed by atoms with Gasteiger partial charge in [-0.1, -0.05) is 12.1 Å². The van der Waals surface area contributed by atoms with Crippen molar-refractivity contribution < 1.29 is 23.1 Å².